The minimum atomic E-state index is 0.184. The molecule has 0 spiro atoms. The van der Waals surface area contributed by atoms with Crippen LogP contribution in [0, 0.1) is 6.92 Å². The van der Waals surface area contributed by atoms with Crippen molar-refractivity contribution >= 4 is 0 Å². The number of phenolic OH excluding ortho intramolecular Hbond substituents is 3. The maximum absolute atomic E-state index is 9.78. The number of allylic oxidation sites excluding steroid dienone is 2. The summed E-state index contributed by atoms with van der Waals surface area (Å²) in [6.07, 6.45) is 18.3. The number of aryl methyl sites for hydroxylation is 2. The number of unbranched alkanes of at least 4 members (excludes halogenated alkanes) is 8. The summed E-state index contributed by atoms with van der Waals surface area (Å²) in [5.74, 6) is 1.36. The molecular formula is C28H40O4. The Morgan fingerprint density at radius 2 is 1.16 bits per heavy atom. The topological polar surface area (TPSA) is 69.9 Å². The Bertz CT molecular complexity index is 818. The molecule has 0 saturated carbocycles. The van der Waals surface area contributed by atoms with E-state index in [1.54, 1.807) is 32.2 Å². The molecule has 0 radical (unpaired) electrons. The number of aromatic hydroxyl groups is 3. The van der Waals surface area contributed by atoms with Gasteiger partial charge in [-0.15, -0.1) is 0 Å². The molecule has 176 valence electrons. The lowest BCUT2D eigenvalue weighted by Gasteiger charge is -2.07. The van der Waals surface area contributed by atoms with Gasteiger partial charge in [0, 0.05) is 11.6 Å². The van der Waals surface area contributed by atoms with E-state index in [9.17, 15) is 15.3 Å². The molecule has 0 fully saturated rings. The highest BCUT2D eigenvalue weighted by Gasteiger charge is 2.05. The van der Waals surface area contributed by atoms with E-state index in [0.29, 0.717) is 5.56 Å². The third-order valence-electron chi connectivity index (χ3n) is 5.94. The van der Waals surface area contributed by atoms with Gasteiger partial charge in [0.25, 0.3) is 0 Å². The first kappa shape index (κ1) is 25.6. The van der Waals surface area contributed by atoms with Crippen molar-refractivity contribution in [3.8, 4) is 23.0 Å². The number of phenols is 3. The van der Waals surface area contributed by atoms with E-state index in [-0.39, 0.29) is 17.2 Å². The van der Waals surface area contributed by atoms with Gasteiger partial charge >= 0.3 is 0 Å². The lowest BCUT2D eigenvalue weighted by Crippen LogP contribution is -1.89. The molecule has 0 saturated heterocycles. The Kier molecular flexibility index (Phi) is 11.6. The van der Waals surface area contributed by atoms with Gasteiger partial charge in [0.2, 0.25) is 0 Å². The van der Waals surface area contributed by atoms with Crippen molar-refractivity contribution in [1.29, 1.82) is 0 Å². The molecule has 2 aromatic carbocycles. The number of ether oxygens (including phenoxy) is 1. The number of benzene rings is 2. The Hall–Kier alpha value is -2.62. The summed E-state index contributed by atoms with van der Waals surface area (Å²) in [5, 5.41) is 29.3. The predicted octanol–water partition coefficient (Wildman–Crippen LogP) is 7.36. The van der Waals surface area contributed by atoms with Gasteiger partial charge in [0.05, 0.1) is 7.11 Å². The summed E-state index contributed by atoms with van der Waals surface area (Å²) in [4.78, 5) is 0. The summed E-state index contributed by atoms with van der Waals surface area (Å²) in [6.45, 7) is 1.72. The van der Waals surface area contributed by atoms with Crippen molar-refractivity contribution in [3.05, 3.63) is 59.2 Å². The molecular weight excluding hydrogens is 400 g/mol. The zero-order valence-electron chi connectivity index (χ0n) is 19.8. The largest absolute Gasteiger partial charge is 0.508 e. The van der Waals surface area contributed by atoms with Gasteiger partial charge in [-0.05, 0) is 93.7 Å². The van der Waals surface area contributed by atoms with Gasteiger partial charge in [-0.25, -0.2) is 0 Å². The van der Waals surface area contributed by atoms with Gasteiger partial charge in [-0.1, -0.05) is 37.8 Å². The summed E-state index contributed by atoms with van der Waals surface area (Å²) in [5.41, 5.74) is 2.69. The van der Waals surface area contributed by atoms with Gasteiger partial charge in [0.15, 0.2) is 0 Å². The number of rotatable bonds is 15. The highest BCUT2D eigenvalue weighted by molar-refractivity contribution is 5.45. The minimum absolute atomic E-state index is 0.184. The smallest absolute Gasteiger partial charge is 0.122 e. The molecule has 0 atom stereocenters. The molecule has 0 amide bonds. The molecule has 0 aliphatic carbocycles. The van der Waals surface area contributed by atoms with Crippen LogP contribution in [0.15, 0.2) is 42.5 Å². The van der Waals surface area contributed by atoms with Crippen molar-refractivity contribution in [2.75, 3.05) is 7.11 Å². The van der Waals surface area contributed by atoms with E-state index >= 15 is 0 Å². The van der Waals surface area contributed by atoms with Crippen molar-refractivity contribution < 1.29 is 20.1 Å². The van der Waals surface area contributed by atoms with Gasteiger partial charge in [0.1, 0.15) is 23.0 Å². The Balaban J connectivity index is 1.43. The molecule has 0 unspecified atom stereocenters. The number of hydrogen-bond donors (Lipinski definition) is 3. The van der Waals surface area contributed by atoms with E-state index in [4.69, 9.17) is 4.74 Å². The van der Waals surface area contributed by atoms with Gasteiger partial charge < -0.3 is 20.1 Å². The summed E-state index contributed by atoms with van der Waals surface area (Å²) in [7, 11) is 1.62. The average molecular weight is 441 g/mol. The highest BCUT2D eigenvalue weighted by atomic mass is 16.5. The Labute approximate surface area is 193 Å². The molecule has 0 heterocycles. The maximum atomic E-state index is 9.78. The van der Waals surface area contributed by atoms with Crippen molar-refractivity contribution in [1.82, 2.24) is 0 Å². The fourth-order valence-electron chi connectivity index (χ4n) is 3.92. The van der Waals surface area contributed by atoms with Crippen molar-refractivity contribution in [2.24, 2.45) is 0 Å². The molecule has 0 bridgehead atoms. The van der Waals surface area contributed by atoms with E-state index in [2.05, 4.69) is 12.2 Å². The fraction of sp³-hybridized carbons (Fsp3) is 0.500. The van der Waals surface area contributed by atoms with Crippen molar-refractivity contribution in [2.45, 2.75) is 84.0 Å². The molecule has 3 N–H and O–H groups in total. The molecule has 0 aromatic heterocycles. The lowest BCUT2D eigenvalue weighted by molar-refractivity contribution is 0.406. The third-order valence-corrected chi connectivity index (χ3v) is 5.94. The second-order valence-corrected chi connectivity index (χ2v) is 8.68. The molecule has 4 heteroatoms. The van der Waals surface area contributed by atoms with E-state index in [1.807, 2.05) is 12.1 Å². The second kappa shape index (κ2) is 14.4. The summed E-state index contributed by atoms with van der Waals surface area (Å²) < 4.78 is 5.20. The molecule has 0 aliphatic heterocycles. The number of hydrogen-bond acceptors (Lipinski definition) is 4. The molecule has 2 aromatic rings. The van der Waals surface area contributed by atoms with Crippen LogP contribution >= 0.6 is 0 Å². The normalized spacial score (nSPS) is 11.3. The molecule has 0 aliphatic rings. The zero-order valence-corrected chi connectivity index (χ0v) is 19.8. The molecule has 2 rings (SSSR count). The predicted molar refractivity (Wildman–Crippen MR) is 132 cm³/mol. The van der Waals surface area contributed by atoms with Crippen LogP contribution in [0.25, 0.3) is 0 Å². The Morgan fingerprint density at radius 1 is 0.656 bits per heavy atom. The number of methoxy groups -OCH3 is 1. The van der Waals surface area contributed by atoms with Crippen LogP contribution in [-0.4, -0.2) is 22.4 Å². The standard InChI is InChI=1S/C28H40O4/c1-22-27(30)19-24(20-28(22)31)16-14-12-10-8-6-4-3-5-7-9-11-13-15-23-17-25(29)21-26(18-23)32-2/h3,5,17-21,29-31H,4,6-16H2,1-2H3/b5-3-. The quantitative estimate of drug-likeness (QED) is 0.200. The molecule has 32 heavy (non-hydrogen) atoms. The van der Waals surface area contributed by atoms with Crippen LogP contribution in [0.3, 0.4) is 0 Å². The van der Waals surface area contributed by atoms with Gasteiger partial charge in [-0.3, -0.25) is 0 Å². The average Bonchev–Trinajstić information content (AvgIpc) is 2.77. The Morgan fingerprint density at radius 3 is 1.75 bits per heavy atom. The SMILES string of the molecule is COc1cc(O)cc(CCCCC/C=C\CCCCCCCc2cc(O)c(C)c(O)c2)c1. The van der Waals surface area contributed by atoms with Crippen LogP contribution in [0.2, 0.25) is 0 Å². The van der Waals surface area contributed by atoms with E-state index in [0.717, 1.165) is 55.4 Å². The third kappa shape index (κ3) is 9.67. The van der Waals surface area contributed by atoms with E-state index < -0.39 is 0 Å². The van der Waals surface area contributed by atoms with Crippen molar-refractivity contribution in [3.63, 3.8) is 0 Å². The maximum Gasteiger partial charge on any atom is 0.122 e. The van der Waals surface area contributed by atoms with E-state index in [1.165, 1.54) is 38.5 Å². The summed E-state index contributed by atoms with van der Waals surface area (Å²) >= 11 is 0. The van der Waals surface area contributed by atoms with Gasteiger partial charge in [-0.2, -0.15) is 0 Å². The van der Waals surface area contributed by atoms with Crippen LogP contribution in [-0.2, 0) is 12.8 Å². The summed E-state index contributed by atoms with van der Waals surface area (Å²) in [6, 6.07) is 8.99. The van der Waals surface area contributed by atoms with Crippen LogP contribution in [0.1, 0.15) is 80.9 Å². The monoisotopic (exact) mass is 440 g/mol. The fourth-order valence-corrected chi connectivity index (χ4v) is 3.92. The van der Waals surface area contributed by atoms with Crippen LogP contribution in [0.5, 0.6) is 23.0 Å². The lowest BCUT2D eigenvalue weighted by atomic mass is 10.0. The molecule has 4 nitrogen and oxygen atoms in total. The first-order valence-corrected chi connectivity index (χ1v) is 12.0. The first-order valence-electron chi connectivity index (χ1n) is 12.0. The first-order chi connectivity index (χ1) is 15.5. The van der Waals surface area contributed by atoms with Crippen LogP contribution in [0.4, 0.5) is 0 Å². The zero-order chi connectivity index (χ0) is 23.2. The highest BCUT2D eigenvalue weighted by Crippen LogP contribution is 2.28. The minimum Gasteiger partial charge on any atom is -0.508 e. The second-order valence-electron chi connectivity index (χ2n) is 8.68. The van der Waals surface area contributed by atoms with Crippen LogP contribution < -0.4 is 4.74 Å².